The van der Waals surface area contributed by atoms with Gasteiger partial charge in [-0.25, -0.2) is 8.42 Å². The fraction of sp³-hybridized carbons (Fsp3) is 0.667. The summed E-state index contributed by atoms with van der Waals surface area (Å²) in [6, 6.07) is 1.94. The number of carbonyl (C=O) groups excluding carboxylic acids is 3. The highest BCUT2D eigenvalue weighted by Gasteiger charge is 2.44. The van der Waals surface area contributed by atoms with Gasteiger partial charge in [0.2, 0.25) is 21.7 Å². The summed E-state index contributed by atoms with van der Waals surface area (Å²) < 4.78 is 28.7. The molecule has 1 aromatic heterocycles. The normalized spacial score (nSPS) is 19.3. The Morgan fingerprint density at radius 2 is 1.82 bits per heavy atom. The van der Waals surface area contributed by atoms with Gasteiger partial charge in [-0.2, -0.15) is 4.72 Å². The fourth-order valence-electron chi connectivity index (χ4n) is 4.81. The van der Waals surface area contributed by atoms with Gasteiger partial charge in [0, 0.05) is 18.4 Å². The molecule has 1 aromatic rings. The predicted octanol–water partition coefficient (Wildman–Crippen LogP) is 2.37. The highest BCUT2D eigenvalue weighted by Crippen LogP contribution is 2.30. The summed E-state index contributed by atoms with van der Waals surface area (Å²) in [5.74, 6) is -1.90. The predicted molar refractivity (Wildman–Crippen MR) is 127 cm³/mol. The summed E-state index contributed by atoms with van der Waals surface area (Å²) in [5.41, 5.74) is -1.38. The minimum absolute atomic E-state index is 0.00467. The molecule has 1 heterocycles. The lowest BCUT2D eigenvalue weighted by Crippen LogP contribution is -2.62. The van der Waals surface area contributed by atoms with Gasteiger partial charge < -0.3 is 10.6 Å². The standard InChI is InChI=1S/C24H36N4O5S/c1-2-3-13-20(21(29)22(30)26-18-10-5-6-11-18)27-23(31)24(14-7-4-8-15-24)28-34(32,33)19-12-9-16-25-17-19/h9,12,16-18,20,28H,2-8,10-11,13-15H2,1H3,(H,26,30)(H,27,31)/t20-/m0/s1. The summed E-state index contributed by atoms with van der Waals surface area (Å²) in [6.07, 6.45) is 11.1. The van der Waals surface area contributed by atoms with E-state index in [-0.39, 0.29) is 10.9 Å². The monoisotopic (exact) mass is 492 g/mol. The minimum Gasteiger partial charge on any atom is -0.347 e. The number of Topliss-reactive ketones (excluding diaryl/α,β-unsaturated/α-hetero) is 1. The molecular weight excluding hydrogens is 456 g/mol. The number of unbranched alkanes of at least 4 members (excludes halogenated alkanes) is 1. The molecule has 0 radical (unpaired) electrons. The molecule has 3 rings (SSSR count). The number of hydrogen-bond donors (Lipinski definition) is 3. The van der Waals surface area contributed by atoms with Gasteiger partial charge in [-0.3, -0.25) is 19.4 Å². The first-order chi connectivity index (χ1) is 16.3. The first-order valence-electron chi connectivity index (χ1n) is 12.4. The second-order valence-corrected chi connectivity index (χ2v) is 11.1. The smallest absolute Gasteiger partial charge is 0.289 e. The molecule has 0 aromatic carbocycles. The Bertz CT molecular complexity index is 955. The van der Waals surface area contributed by atoms with Crippen LogP contribution in [0.3, 0.4) is 0 Å². The number of pyridine rings is 1. The van der Waals surface area contributed by atoms with E-state index in [2.05, 4.69) is 20.3 Å². The van der Waals surface area contributed by atoms with Crippen molar-refractivity contribution in [2.24, 2.45) is 0 Å². The quantitative estimate of drug-likeness (QED) is 0.406. The summed E-state index contributed by atoms with van der Waals surface area (Å²) in [4.78, 5) is 43.0. The molecule has 188 valence electrons. The topological polar surface area (TPSA) is 134 Å². The van der Waals surface area contributed by atoms with E-state index in [1.165, 1.54) is 24.5 Å². The van der Waals surface area contributed by atoms with E-state index in [0.29, 0.717) is 38.5 Å². The van der Waals surface area contributed by atoms with Crippen LogP contribution in [0.4, 0.5) is 0 Å². The Morgan fingerprint density at radius 1 is 1.12 bits per heavy atom. The van der Waals surface area contributed by atoms with Crippen LogP contribution < -0.4 is 15.4 Å². The zero-order chi connectivity index (χ0) is 24.6. The van der Waals surface area contributed by atoms with Crippen molar-refractivity contribution in [3.63, 3.8) is 0 Å². The van der Waals surface area contributed by atoms with E-state index in [9.17, 15) is 22.8 Å². The van der Waals surface area contributed by atoms with E-state index in [1.807, 2.05) is 6.92 Å². The third-order valence-corrected chi connectivity index (χ3v) is 8.32. The molecule has 1 atom stereocenters. The number of ketones is 1. The molecule has 0 bridgehead atoms. The van der Waals surface area contributed by atoms with Crippen LogP contribution in [0.1, 0.15) is 84.0 Å². The van der Waals surface area contributed by atoms with Crippen LogP contribution in [-0.4, -0.2) is 48.6 Å². The molecule has 0 unspecified atom stereocenters. The van der Waals surface area contributed by atoms with Crippen molar-refractivity contribution in [1.29, 1.82) is 0 Å². The Balaban J connectivity index is 1.78. The number of aromatic nitrogens is 1. The molecule has 2 aliphatic rings. The van der Waals surface area contributed by atoms with E-state index in [1.54, 1.807) is 0 Å². The largest absolute Gasteiger partial charge is 0.347 e. The number of rotatable bonds is 11. The van der Waals surface area contributed by atoms with Crippen molar-refractivity contribution in [2.45, 2.75) is 106 Å². The van der Waals surface area contributed by atoms with Gasteiger partial charge >= 0.3 is 0 Å². The summed E-state index contributed by atoms with van der Waals surface area (Å²) in [7, 11) is -4.01. The molecule has 10 heteroatoms. The van der Waals surface area contributed by atoms with Crippen LogP contribution in [0.5, 0.6) is 0 Å². The molecule has 2 amide bonds. The second kappa shape index (κ2) is 11.9. The lowest BCUT2D eigenvalue weighted by Gasteiger charge is -2.37. The van der Waals surface area contributed by atoms with Crippen LogP contribution in [0.2, 0.25) is 0 Å². The number of nitrogens with one attached hydrogen (secondary N) is 3. The van der Waals surface area contributed by atoms with Crippen LogP contribution in [0.25, 0.3) is 0 Å². The van der Waals surface area contributed by atoms with Crippen molar-refractivity contribution < 1.29 is 22.8 Å². The highest BCUT2D eigenvalue weighted by atomic mass is 32.2. The molecule has 0 saturated heterocycles. The lowest BCUT2D eigenvalue weighted by atomic mass is 9.81. The zero-order valence-electron chi connectivity index (χ0n) is 19.8. The first kappa shape index (κ1) is 26.3. The van der Waals surface area contributed by atoms with E-state index in [0.717, 1.165) is 38.5 Å². The molecule has 34 heavy (non-hydrogen) atoms. The number of carbonyl (C=O) groups is 3. The third kappa shape index (κ3) is 6.63. The van der Waals surface area contributed by atoms with Crippen LogP contribution in [0.15, 0.2) is 29.4 Å². The van der Waals surface area contributed by atoms with Crippen LogP contribution >= 0.6 is 0 Å². The van der Waals surface area contributed by atoms with Gasteiger partial charge in [-0.1, -0.05) is 51.9 Å². The maximum atomic E-state index is 13.5. The van der Waals surface area contributed by atoms with Crippen molar-refractivity contribution in [1.82, 2.24) is 20.3 Å². The summed E-state index contributed by atoms with van der Waals surface area (Å²) in [5, 5.41) is 5.55. The zero-order valence-corrected chi connectivity index (χ0v) is 20.7. The maximum absolute atomic E-state index is 13.5. The lowest BCUT2D eigenvalue weighted by molar-refractivity contribution is -0.141. The number of hydrogen-bond acceptors (Lipinski definition) is 6. The van der Waals surface area contributed by atoms with Crippen LogP contribution in [0, 0.1) is 0 Å². The Morgan fingerprint density at radius 3 is 2.44 bits per heavy atom. The van der Waals surface area contributed by atoms with Gasteiger partial charge in [-0.15, -0.1) is 0 Å². The molecule has 9 nitrogen and oxygen atoms in total. The summed E-state index contributed by atoms with van der Waals surface area (Å²) in [6.45, 7) is 1.96. The van der Waals surface area contributed by atoms with Gasteiger partial charge in [0.05, 0.1) is 6.04 Å². The van der Waals surface area contributed by atoms with Crippen LogP contribution in [-0.2, 0) is 24.4 Å². The van der Waals surface area contributed by atoms with Gasteiger partial charge in [0.1, 0.15) is 10.4 Å². The van der Waals surface area contributed by atoms with Crippen molar-refractivity contribution in [3.8, 4) is 0 Å². The molecular formula is C24H36N4O5S. The summed E-state index contributed by atoms with van der Waals surface area (Å²) >= 11 is 0. The van der Waals surface area contributed by atoms with Crippen molar-refractivity contribution >= 4 is 27.6 Å². The molecule has 2 fully saturated rings. The molecule has 3 N–H and O–H groups in total. The number of amides is 2. The SMILES string of the molecule is CCCC[C@H](NC(=O)C1(NS(=O)(=O)c2cccnc2)CCCCC1)C(=O)C(=O)NC1CCCC1. The highest BCUT2D eigenvalue weighted by molar-refractivity contribution is 7.89. The third-order valence-electron chi connectivity index (χ3n) is 6.80. The van der Waals surface area contributed by atoms with Crippen molar-refractivity contribution in [2.75, 3.05) is 0 Å². The van der Waals surface area contributed by atoms with Gasteiger partial charge in [0.25, 0.3) is 5.91 Å². The van der Waals surface area contributed by atoms with E-state index < -0.39 is 39.2 Å². The fourth-order valence-corrected chi connectivity index (χ4v) is 6.20. The second-order valence-electron chi connectivity index (χ2n) is 9.42. The van der Waals surface area contributed by atoms with E-state index in [4.69, 9.17) is 0 Å². The number of nitrogens with zero attached hydrogens (tertiary/aromatic N) is 1. The van der Waals surface area contributed by atoms with Gasteiger partial charge in [0.15, 0.2) is 0 Å². The average molecular weight is 493 g/mol. The van der Waals surface area contributed by atoms with Gasteiger partial charge in [-0.05, 0) is 44.2 Å². The average Bonchev–Trinajstić information content (AvgIpc) is 3.35. The molecule has 2 saturated carbocycles. The minimum atomic E-state index is -4.01. The Labute approximate surface area is 201 Å². The van der Waals surface area contributed by atoms with E-state index >= 15 is 0 Å². The molecule has 2 aliphatic carbocycles. The Hall–Kier alpha value is -2.33. The maximum Gasteiger partial charge on any atom is 0.289 e. The first-order valence-corrected chi connectivity index (χ1v) is 13.9. The molecule has 0 aliphatic heterocycles. The number of sulfonamides is 1. The molecule has 0 spiro atoms. The van der Waals surface area contributed by atoms with Crippen molar-refractivity contribution in [3.05, 3.63) is 24.5 Å². The Kier molecular flexibility index (Phi) is 9.18.